The molecule has 0 fully saturated rings. The maximum atomic E-state index is 12.7. The number of amides is 1. The number of rotatable bonds is 7. The molecule has 0 aliphatic heterocycles. The number of aryl methyl sites for hydroxylation is 1. The Morgan fingerprint density at radius 1 is 1.23 bits per heavy atom. The van der Waals surface area contributed by atoms with Crippen molar-refractivity contribution in [3.8, 4) is 5.69 Å². The van der Waals surface area contributed by atoms with Gasteiger partial charge in [0.2, 0.25) is 5.91 Å². The van der Waals surface area contributed by atoms with Crippen LogP contribution >= 0.6 is 0 Å². The predicted octanol–water partition coefficient (Wildman–Crippen LogP) is 2.31. The zero-order valence-corrected chi connectivity index (χ0v) is 16.9. The van der Waals surface area contributed by atoms with Gasteiger partial charge in [-0.05, 0) is 32.9 Å². The highest BCUT2D eigenvalue weighted by atomic mass is 32.2. The lowest BCUT2D eigenvalue weighted by Crippen LogP contribution is -2.40. The summed E-state index contributed by atoms with van der Waals surface area (Å²) in [6.45, 7) is 7.22. The van der Waals surface area contributed by atoms with E-state index >= 15 is 0 Å². The Kier molecular flexibility index (Phi) is 6.23. The third-order valence-electron chi connectivity index (χ3n) is 4.76. The van der Waals surface area contributed by atoms with Gasteiger partial charge in [0, 0.05) is 30.1 Å². The zero-order valence-electron chi connectivity index (χ0n) is 16.1. The molecule has 142 valence electrons. The maximum absolute atomic E-state index is 12.7. The Morgan fingerprint density at radius 3 is 2.42 bits per heavy atom. The molecule has 1 unspecified atom stereocenters. The number of nitrogens with zero attached hydrogens (tertiary/aromatic N) is 3. The molecule has 0 saturated heterocycles. The lowest BCUT2D eigenvalue weighted by Gasteiger charge is -2.25. The quantitative estimate of drug-likeness (QED) is 0.742. The summed E-state index contributed by atoms with van der Waals surface area (Å²) in [5, 5.41) is 4.56. The van der Waals surface area contributed by atoms with Crippen LogP contribution in [0.5, 0.6) is 0 Å². The van der Waals surface area contributed by atoms with E-state index in [4.69, 9.17) is 0 Å². The minimum Gasteiger partial charge on any atom is -0.342 e. The van der Waals surface area contributed by atoms with E-state index in [-0.39, 0.29) is 29.9 Å². The number of benzene rings is 1. The van der Waals surface area contributed by atoms with Crippen molar-refractivity contribution in [2.75, 3.05) is 18.6 Å². The monoisotopic (exact) mass is 377 g/mol. The summed E-state index contributed by atoms with van der Waals surface area (Å²) in [7, 11) is -1.47. The highest BCUT2D eigenvalue weighted by Crippen LogP contribution is 2.19. The highest BCUT2D eigenvalue weighted by Gasteiger charge is 2.23. The summed E-state index contributed by atoms with van der Waals surface area (Å²) >= 11 is 0. The van der Waals surface area contributed by atoms with E-state index in [0.29, 0.717) is 0 Å². The molecule has 1 aromatic heterocycles. The van der Waals surface area contributed by atoms with Crippen LogP contribution in [0.4, 0.5) is 0 Å². The summed E-state index contributed by atoms with van der Waals surface area (Å²) in [6.07, 6.45) is 0.206. The fraction of sp³-hybridized carbons (Fsp3) is 0.474. The van der Waals surface area contributed by atoms with Gasteiger partial charge in [-0.1, -0.05) is 25.1 Å². The number of carbonyl (C=O) groups excluding carboxylic acids is 1. The molecule has 0 aliphatic carbocycles. The van der Waals surface area contributed by atoms with Crippen molar-refractivity contribution in [2.24, 2.45) is 0 Å². The molecule has 2 rings (SSSR count). The van der Waals surface area contributed by atoms with E-state index in [1.54, 1.807) is 20.9 Å². The number of sulfone groups is 1. The van der Waals surface area contributed by atoms with Crippen LogP contribution in [0.3, 0.4) is 0 Å². The number of hydrogen-bond donors (Lipinski definition) is 0. The molecule has 0 N–H and O–H groups in total. The average molecular weight is 378 g/mol. The second-order valence-electron chi connectivity index (χ2n) is 6.63. The van der Waals surface area contributed by atoms with Crippen molar-refractivity contribution < 1.29 is 13.2 Å². The van der Waals surface area contributed by atoms with Crippen LogP contribution in [0, 0.1) is 13.8 Å². The first-order valence-corrected chi connectivity index (χ1v) is 10.5. The molecule has 2 aromatic rings. The Morgan fingerprint density at radius 2 is 1.85 bits per heavy atom. The minimum atomic E-state index is -3.13. The SMILES string of the molecule is CCS(=O)(=O)CC(C)N(C)C(=O)Cc1c(C)nn(-c2ccccc2)c1C. The normalized spacial score (nSPS) is 12.8. The molecule has 1 atom stereocenters. The van der Waals surface area contributed by atoms with E-state index in [9.17, 15) is 13.2 Å². The molecule has 0 spiro atoms. The summed E-state index contributed by atoms with van der Waals surface area (Å²) in [6, 6.07) is 9.40. The van der Waals surface area contributed by atoms with Gasteiger partial charge in [0.25, 0.3) is 0 Å². The first-order chi connectivity index (χ1) is 12.2. The van der Waals surface area contributed by atoms with Crippen molar-refractivity contribution in [3.05, 3.63) is 47.3 Å². The Labute approximate surface area is 155 Å². The summed E-state index contributed by atoms with van der Waals surface area (Å²) < 4.78 is 25.5. The number of para-hydroxylation sites is 1. The van der Waals surface area contributed by atoms with Gasteiger partial charge in [-0.25, -0.2) is 13.1 Å². The molecule has 1 heterocycles. The smallest absolute Gasteiger partial charge is 0.227 e. The number of hydrogen-bond acceptors (Lipinski definition) is 4. The third-order valence-corrected chi connectivity index (χ3v) is 6.63. The van der Waals surface area contributed by atoms with Crippen LogP contribution in [0.25, 0.3) is 5.69 Å². The summed E-state index contributed by atoms with van der Waals surface area (Å²) in [4.78, 5) is 14.2. The van der Waals surface area contributed by atoms with Crippen LogP contribution in [-0.2, 0) is 21.1 Å². The Hall–Kier alpha value is -2.15. The predicted molar refractivity (Wildman–Crippen MR) is 103 cm³/mol. The van der Waals surface area contributed by atoms with E-state index < -0.39 is 9.84 Å². The van der Waals surface area contributed by atoms with E-state index in [0.717, 1.165) is 22.6 Å². The van der Waals surface area contributed by atoms with Gasteiger partial charge in [-0.3, -0.25) is 4.79 Å². The van der Waals surface area contributed by atoms with E-state index in [1.165, 1.54) is 4.90 Å². The van der Waals surface area contributed by atoms with E-state index in [1.807, 2.05) is 48.9 Å². The third kappa shape index (κ3) is 4.52. The zero-order chi connectivity index (χ0) is 19.5. The molecule has 0 aliphatic rings. The first kappa shape index (κ1) is 20.2. The molecule has 7 heteroatoms. The van der Waals surface area contributed by atoms with Gasteiger partial charge in [0.05, 0.1) is 23.6 Å². The lowest BCUT2D eigenvalue weighted by atomic mass is 10.1. The van der Waals surface area contributed by atoms with Crippen LogP contribution in [-0.4, -0.2) is 53.6 Å². The maximum Gasteiger partial charge on any atom is 0.227 e. The van der Waals surface area contributed by atoms with E-state index in [2.05, 4.69) is 5.10 Å². The molecular weight excluding hydrogens is 350 g/mol. The van der Waals surface area contributed by atoms with Gasteiger partial charge in [-0.2, -0.15) is 5.10 Å². The Balaban J connectivity index is 2.18. The number of aromatic nitrogens is 2. The standard InChI is InChI=1S/C19H27N3O3S/c1-6-26(24,25)13-14(2)21(5)19(23)12-18-15(3)20-22(16(18)4)17-10-8-7-9-11-17/h7-11,14H,6,12-13H2,1-5H3. The molecule has 6 nitrogen and oxygen atoms in total. The van der Waals surface area contributed by atoms with Crippen LogP contribution in [0.15, 0.2) is 30.3 Å². The average Bonchev–Trinajstić information content (AvgIpc) is 2.89. The largest absolute Gasteiger partial charge is 0.342 e. The van der Waals surface area contributed by atoms with Gasteiger partial charge < -0.3 is 4.90 Å². The summed E-state index contributed by atoms with van der Waals surface area (Å²) in [5.74, 6) is -0.0448. The van der Waals surface area contributed by atoms with Crippen LogP contribution < -0.4 is 0 Å². The Bertz CT molecular complexity index is 873. The molecular formula is C19H27N3O3S. The highest BCUT2D eigenvalue weighted by molar-refractivity contribution is 7.91. The van der Waals surface area contributed by atoms with Gasteiger partial charge >= 0.3 is 0 Å². The number of carbonyl (C=O) groups is 1. The van der Waals surface area contributed by atoms with Crippen molar-refractivity contribution in [3.63, 3.8) is 0 Å². The molecule has 26 heavy (non-hydrogen) atoms. The molecule has 1 amide bonds. The van der Waals surface area contributed by atoms with Crippen molar-refractivity contribution in [2.45, 2.75) is 40.2 Å². The van der Waals surface area contributed by atoms with Crippen LogP contribution in [0.2, 0.25) is 0 Å². The van der Waals surface area contributed by atoms with Crippen molar-refractivity contribution in [1.29, 1.82) is 0 Å². The lowest BCUT2D eigenvalue weighted by molar-refractivity contribution is -0.130. The molecule has 0 radical (unpaired) electrons. The minimum absolute atomic E-state index is 0.0209. The second kappa shape index (κ2) is 8.03. The van der Waals surface area contributed by atoms with Gasteiger partial charge in [0.1, 0.15) is 0 Å². The fourth-order valence-corrected chi connectivity index (χ4v) is 4.06. The summed E-state index contributed by atoms with van der Waals surface area (Å²) in [5.41, 5.74) is 3.56. The molecule has 0 bridgehead atoms. The molecule has 1 aromatic carbocycles. The van der Waals surface area contributed by atoms with Crippen molar-refractivity contribution >= 4 is 15.7 Å². The molecule has 0 saturated carbocycles. The van der Waals surface area contributed by atoms with Crippen molar-refractivity contribution in [1.82, 2.24) is 14.7 Å². The first-order valence-electron chi connectivity index (χ1n) is 8.73. The van der Waals surface area contributed by atoms with Gasteiger partial charge in [-0.15, -0.1) is 0 Å². The number of likely N-dealkylation sites (N-methyl/N-ethyl adjacent to an activating group) is 1. The topological polar surface area (TPSA) is 72.3 Å². The second-order valence-corrected chi connectivity index (χ2v) is 9.02. The fourth-order valence-electron chi connectivity index (χ4n) is 2.87. The van der Waals surface area contributed by atoms with Crippen LogP contribution in [0.1, 0.15) is 30.8 Å². The van der Waals surface area contributed by atoms with Gasteiger partial charge in [0.15, 0.2) is 9.84 Å².